The van der Waals surface area contributed by atoms with E-state index in [2.05, 4.69) is 26.1 Å². The number of aromatic nitrogens is 2. The Morgan fingerprint density at radius 3 is 2.63 bits per heavy atom. The van der Waals surface area contributed by atoms with Crippen LogP contribution in [0.4, 0.5) is 23.0 Å². The van der Waals surface area contributed by atoms with E-state index in [0.29, 0.717) is 33.0 Å². The number of carbonyl (C=O) groups is 1. The number of nitrogens with one attached hydrogen (secondary N) is 3. The number of methoxy groups -OCH3 is 1. The van der Waals surface area contributed by atoms with Crippen LogP contribution in [-0.4, -0.2) is 29.6 Å². The van der Waals surface area contributed by atoms with Gasteiger partial charge in [-0.05, 0) is 30.3 Å². The van der Waals surface area contributed by atoms with E-state index in [1.54, 1.807) is 25.3 Å². The fourth-order valence-corrected chi connectivity index (χ4v) is 2.83. The standard InChI is InChI=1S/C19H18Cl2N6O3/c1-29-15-5-3-2-4-13(15)25-18-17(22)19(24-10-23-18)27-26-16(28)9-30-14-7-6-11(20)8-12(14)21/h2-8,10H,9,22H2,1H3,(H,26,28)(H2,23,24,25,27). The first-order valence-corrected chi connectivity index (χ1v) is 9.36. The third kappa shape index (κ3) is 5.34. The Hall–Kier alpha value is -3.43. The van der Waals surface area contributed by atoms with Gasteiger partial charge in [-0.3, -0.25) is 15.6 Å². The minimum Gasteiger partial charge on any atom is -0.495 e. The number of para-hydroxylation sites is 2. The van der Waals surface area contributed by atoms with Crippen LogP contribution in [0, 0.1) is 0 Å². The van der Waals surface area contributed by atoms with Gasteiger partial charge in [0.05, 0.1) is 17.8 Å². The van der Waals surface area contributed by atoms with Crippen LogP contribution in [0.5, 0.6) is 11.5 Å². The lowest BCUT2D eigenvalue weighted by atomic mass is 10.3. The number of carbonyl (C=O) groups excluding carboxylic acids is 1. The Morgan fingerprint density at radius 2 is 1.87 bits per heavy atom. The van der Waals surface area contributed by atoms with Gasteiger partial charge in [-0.1, -0.05) is 35.3 Å². The first-order valence-electron chi connectivity index (χ1n) is 8.61. The van der Waals surface area contributed by atoms with Gasteiger partial charge in [-0.2, -0.15) is 0 Å². The van der Waals surface area contributed by atoms with Crippen LogP contribution in [-0.2, 0) is 4.79 Å². The molecule has 0 radical (unpaired) electrons. The van der Waals surface area contributed by atoms with E-state index in [9.17, 15) is 4.79 Å². The lowest BCUT2D eigenvalue weighted by molar-refractivity contribution is -0.122. The summed E-state index contributed by atoms with van der Waals surface area (Å²) in [5.74, 6) is 1.03. The van der Waals surface area contributed by atoms with Crippen molar-refractivity contribution in [2.45, 2.75) is 0 Å². The van der Waals surface area contributed by atoms with E-state index in [4.69, 9.17) is 38.4 Å². The summed E-state index contributed by atoms with van der Waals surface area (Å²) in [5, 5.41) is 3.84. The van der Waals surface area contributed by atoms with Gasteiger partial charge in [0.1, 0.15) is 23.5 Å². The molecular weight excluding hydrogens is 431 g/mol. The van der Waals surface area contributed by atoms with Gasteiger partial charge < -0.3 is 20.5 Å². The van der Waals surface area contributed by atoms with E-state index in [0.717, 1.165) is 0 Å². The van der Waals surface area contributed by atoms with Crippen molar-refractivity contribution in [1.82, 2.24) is 15.4 Å². The van der Waals surface area contributed by atoms with Crippen molar-refractivity contribution < 1.29 is 14.3 Å². The minimum absolute atomic E-state index is 0.199. The van der Waals surface area contributed by atoms with Crippen molar-refractivity contribution in [3.8, 4) is 11.5 Å². The highest BCUT2D eigenvalue weighted by Crippen LogP contribution is 2.30. The Morgan fingerprint density at radius 1 is 1.10 bits per heavy atom. The van der Waals surface area contributed by atoms with Gasteiger partial charge in [-0.25, -0.2) is 9.97 Å². The molecular formula is C19H18Cl2N6O3. The summed E-state index contributed by atoms with van der Waals surface area (Å²) < 4.78 is 10.7. The average Bonchev–Trinajstić information content (AvgIpc) is 2.74. The lowest BCUT2D eigenvalue weighted by Gasteiger charge is -2.15. The number of anilines is 4. The van der Waals surface area contributed by atoms with Crippen molar-refractivity contribution in [3.05, 3.63) is 58.8 Å². The van der Waals surface area contributed by atoms with Gasteiger partial charge in [0.15, 0.2) is 18.2 Å². The largest absolute Gasteiger partial charge is 0.495 e. The van der Waals surface area contributed by atoms with E-state index >= 15 is 0 Å². The summed E-state index contributed by atoms with van der Waals surface area (Å²) in [6, 6.07) is 12.0. The van der Waals surface area contributed by atoms with Gasteiger partial charge in [-0.15, -0.1) is 0 Å². The van der Waals surface area contributed by atoms with Crippen LogP contribution in [0.3, 0.4) is 0 Å². The molecule has 5 N–H and O–H groups in total. The monoisotopic (exact) mass is 448 g/mol. The molecule has 1 heterocycles. The Bertz CT molecular complexity index is 1050. The molecule has 0 saturated carbocycles. The molecule has 1 amide bonds. The van der Waals surface area contributed by atoms with Gasteiger partial charge in [0.2, 0.25) is 0 Å². The van der Waals surface area contributed by atoms with Gasteiger partial charge in [0, 0.05) is 5.02 Å². The summed E-state index contributed by atoms with van der Waals surface area (Å²) in [6.45, 7) is -0.286. The summed E-state index contributed by atoms with van der Waals surface area (Å²) in [5.41, 5.74) is 12.1. The second-order valence-electron chi connectivity index (χ2n) is 5.85. The molecule has 1 aromatic heterocycles. The summed E-state index contributed by atoms with van der Waals surface area (Å²) in [7, 11) is 1.56. The number of nitrogen functional groups attached to an aromatic ring is 1. The van der Waals surface area contributed by atoms with Crippen LogP contribution in [0.25, 0.3) is 0 Å². The minimum atomic E-state index is -0.474. The molecule has 2 aromatic carbocycles. The molecule has 3 rings (SSSR count). The molecule has 9 nitrogen and oxygen atoms in total. The normalized spacial score (nSPS) is 10.2. The number of benzene rings is 2. The molecule has 30 heavy (non-hydrogen) atoms. The molecule has 0 bridgehead atoms. The number of ether oxygens (including phenoxy) is 2. The zero-order valence-electron chi connectivity index (χ0n) is 15.8. The number of hydrogen-bond acceptors (Lipinski definition) is 8. The molecule has 0 unspecified atom stereocenters. The van der Waals surface area contributed by atoms with Crippen LogP contribution >= 0.6 is 23.2 Å². The maximum Gasteiger partial charge on any atom is 0.276 e. The zero-order valence-corrected chi connectivity index (χ0v) is 17.3. The third-order valence-electron chi connectivity index (χ3n) is 3.82. The third-order valence-corrected chi connectivity index (χ3v) is 4.35. The summed E-state index contributed by atoms with van der Waals surface area (Å²) in [6.07, 6.45) is 1.30. The zero-order chi connectivity index (χ0) is 21.5. The molecule has 0 saturated heterocycles. The Labute approximate surface area is 182 Å². The van der Waals surface area contributed by atoms with Crippen molar-refractivity contribution in [3.63, 3.8) is 0 Å². The molecule has 0 aliphatic rings. The molecule has 0 spiro atoms. The first kappa shape index (κ1) is 21.3. The fraction of sp³-hybridized carbons (Fsp3) is 0.105. The molecule has 156 valence electrons. The smallest absolute Gasteiger partial charge is 0.276 e. The van der Waals surface area contributed by atoms with E-state index in [1.807, 2.05) is 18.2 Å². The second kappa shape index (κ2) is 9.86. The predicted molar refractivity (Wildman–Crippen MR) is 116 cm³/mol. The van der Waals surface area contributed by atoms with Crippen LogP contribution in [0.15, 0.2) is 48.8 Å². The van der Waals surface area contributed by atoms with Crippen LogP contribution < -0.4 is 31.4 Å². The maximum atomic E-state index is 12.1. The molecule has 0 aliphatic heterocycles. The Balaban J connectivity index is 1.60. The van der Waals surface area contributed by atoms with Crippen molar-refractivity contribution in [2.75, 3.05) is 30.2 Å². The molecule has 3 aromatic rings. The topological polar surface area (TPSA) is 123 Å². The van der Waals surface area contributed by atoms with Crippen LogP contribution in [0.1, 0.15) is 0 Å². The summed E-state index contributed by atoms with van der Waals surface area (Å²) >= 11 is 11.8. The van der Waals surface area contributed by atoms with E-state index in [-0.39, 0.29) is 18.1 Å². The van der Waals surface area contributed by atoms with Crippen molar-refractivity contribution >= 4 is 52.1 Å². The molecule has 0 aliphatic carbocycles. The van der Waals surface area contributed by atoms with Gasteiger partial charge >= 0.3 is 0 Å². The number of amides is 1. The Kier molecular flexibility index (Phi) is 6.99. The number of rotatable bonds is 8. The van der Waals surface area contributed by atoms with Crippen molar-refractivity contribution in [2.24, 2.45) is 0 Å². The number of hydrogen-bond donors (Lipinski definition) is 4. The predicted octanol–water partition coefficient (Wildman–Crippen LogP) is 3.64. The maximum absolute atomic E-state index is 12.1. The number of halogens is 2. The highest BCUT2D eigenvalue weighted by atomic mass is 35.5. The van der Waals surface area contributed by atoms with E-state index in [1.165, 1.54) is 12.4 Å². The van der Waals surface area contributed by atoms with Crippen molar-refractivity contribution in [1.29, 1.82) is 0 Å². The number of hydrazine groups is 1. The number of nitrogens with zero attached hydrogens (tertiary/aromatic N) is 2. The quantitative estimate of drug-likeness (QED) is 0.385. The molecule has 11 heteroatoms. The average molecular weight is 449 g/mol. The second-order valence-corrected chi connectivity index (χ2v) is 6.69. The van der Waals surface area contributed by atoms with Crippen LogP contribution in [0.2, 0.25) is 10.0 Å². The highest BCUT2D eigenvalue weighted by Gasteiger charge is 2.12. The van der Waals surface area contributed by atoms with E-state index < -0.39 is 5.91 Å². The highest BCUT2D eigenvalue weighted by molar-refractivity contribution is 6.35. The SMILES string of the molecule is COc1ccccc1Nc1ncnc(NNC(=O)COc2ccc(Cl)cc2Cl)c1N. The first-order chi connectivity index (χ1) is 14.5. The molecule has 0 atom stereocenters. The molecule has 0 fully saturated rings. The summed E-state index contributed by atoms with van der Waals surface area (Å²) in [4.78, 5) is 20.2. The number of nitrogens with two attached hydrogens (primary N) is 1. The fourth-order valence-electron chi connectivity index (χ4n) is 2.37. The van der Waals surface area contributed by atoms with Gasteiger partial charge in [0.25, 0.3) is 5.91 Å². The lowest BCUT2D eigenvalue weighted by Crippen LogP contribution is -2.34.